The molecule has 3 heteroatoms. The molecule has 0 spiro atoms. The monoisotopic (exact) mass is 208 g/mol. The highest BCUT2D eigenvalue weighted by molar-refractivity contribution is 5.75. The van der Waals surface area contributed by atoms with E-state index < -0.39 is 0 Å². The van der Waals surface area contributed by atoms with E-state index in [0.29, 0.717) is 5.92 Å². The summed E-state index contributed by atoms with van der Waals surface area (Å²) in [5, 5.41) is 0. The summed E-state index contributed by atoms with van der Waals surface area (Å²) in [6.07, 6.45) is 2.16. The standard InChI is InChI=1S/C10H17NO.C2H6.B/c1-7(2)9-5-6-11-10(9)12-8(3)4;1-2;/h5-8,11H,1-4H3;1-2H3;. The van der Waals surface area contributed by atoms with Crippen molar-refractivity contribution in [2.75, 3.05) is 0 Å². The van der Waals surface area contributed by atoms with Gasteiger partial charge in [0.25, 0.3) is 0 Å². The largest absolute Gasteiger partial charge is 0.476 e. The Labute approximate surface area is 96.0 Å². The Morgan fingerprint density at radius 3 is 2.07 bits per heavy atom. The van der Waals surface area contributed by atoms with E-state index in [4.69, 9.17) is 4.74 Å². The maximum Gasteiger partial charge on any atom is 0.194 e. The lowest BCUT2D eigenvalue weighted by atomic mass is 10.1. The second-order valence-corrected chi connectivity index (χ2v) is 3.58. The molecule has 0 saturated carbocycles. The van der Waals surface area contributed by atoms with Crippen molar-refractivity contribution in [3.8, 4) is 5.88 Å². The molecule has 15 heavy (non-hydrogen) atoms. The molecule has 1 aromatic heterocycles. The number of aromatic nitrogens is 1. The molecule has 0 fully saturated rings. The van der Waals surface area contributed by atoms with E-state index >= 15 is 0 Å². The number of aromatic amines is 1. The second kappa shape index (κ2) is 8.45. The molecule has 0 aliphatic rings. The predicted octanol–water partition coefficient (Wildman–Crippen LogP) is 3.57. The fraction of sp³-hybridized carbons (Fsp3) is 0.667. The van der Waals surface area contributed by atoms with Crippen molar-refractivity contribution in [2.24, 2.45) is 0 Å². The molecule has 1 N–H and O–H groups in total. The first-order valence-electron chi connectivity index (χ1n) is 5.45. The Bertz CT molecular complexity index is 244. The minimum absolute atomic E-state index is 0. The molecule has 0 unspecified atom stereocenters. The van der Waals surface area contributed by atoms with E-state index in [9.17, 15) is 0 Å². The van der Waals surface area contributed by atoms with Crippen molar-refractivity contribution in [2.45, 2.75) is 53.6 Å². The van der Waals surface area contributed by atoms with E-state index in [1.807, 2.05) is 33.9 Å². The summed E-state index contributed by atoms with van der Waals surface area (Å²) in [5.74, 6) is 1.44. The topological polar surface area (TPSA) is 25.0 Å². The fourth-order valence-corrected chi connectivity index (χ4v) is 1.16. The molecular formula is C12H23BNO. The Hall–Kier alpha value is -0.855. The maximum absolute atomic E-state index is 5.59. The molecule has 0 bridgehead atoms. The van der Waals surface area contributed by atoms with Crippen molar-refractivity contribution < 1.29 is 4.74 Å². The molecule has 2 nitrogen and oxygen atoms in total. The van der Waals surface area contributed by atoms with Gasteiger partial charge in [0.1, 0.15) is 0 Å². The lowest BCUT2D eigenvalue weighted by Crippen LogP contribution is -2.07. The zero-order chi connectivity index (χ0) is 11.1. The average Bonchev–Trinajstić information content (AvgIpc) is 2.55. The van der Waals surface area contributed by atoms with Crippen LogP contribution in [0.15, 0.2) is 12.3 Å². The predicted molar refractivity (Wildman–Crippen MR) is 67.7 cm³/mol. The smallest absolute Gasteiger partial charge is 0.194 e. The molecular weight excluding hydrogens is 185 g/mol. The van der Waals surface area contributed by atoms with Crippen LogP contribution in [-0.4, -0.2) is 19.5 Å². The summed E-state index contributed by atoms with van der Waals surface area (Å²) in [5.41, 5.74) is 1.25. The lowest BCUT2D eigenvalue weighted by Gasteiger charge is -2.11. The minimum atomic E-state index is 0. The summed E-state index contributed by atoms with van der Waals surface area (Å²) < 4.78 is 5.59. The van der Waals surface area contributed by atoms with Crippen LogP contribution < -0.4 is 4.74 Å². The van der Waals surface area contributed by atoms with Crippen molar-refractivity contribution in [1.29, 1.82) is 0 Å². The van der Waals surface area contributed by atoms with E-state index in [1.165, 1.54) is 5.56 Å². The molecule has 0 amide bonds. The van der Waals surface area contributed by atoms with Crippen LogP contribution in [0.4, 0.5) is 0 Å². The van der Waals surface area contributed by atoms with Gasteiger partial charge >= 0.3 is 0 Å². The zero-order valence-corrected chi connectivity index (χ0v) is 10.8. The van der Waals surface area contributed by atoms with Gasteiger partial charge in [0, 0.05) is 20.2 Å². The quantitative estimate of drug-likeness (QED) is 0.754. The highest BCUT2D eigenvalue weighted by Crippen LogP contribution is 2.25. The highest BCUT2D eigenvalue weighted by Gasteiger charge is 2.09. The third kappa shape index (κ3) is 5.55. The molecule has 0 saturated heterocycles. The van der Waals surface area contributed by atoms with E-state index in [0.717, 1.165) is 5.88 Å². The summed E-state index contributed by atoms with van der Waals surface area (Å²) in [4.78, 5) is 3.10. The SMILES string of the molecule is CC.CC(C)Oc1[nH]ccc1C(C)C.[B]. The summed E-state index contributed by atoms with van der Waals surface area (Å²) in [6, 6.07) is 2.07. The number of hydrogen-bond acceptors (Lipinski definition) is 1. The fourth-order valence-electron chi connectivity index (χ4n) is 1.16. The first kappa shape index (κ1) is 16.6. The summed E-state index contributed by atoms with van der Waals surface area (Å²) in [7, 11) is 0. The van der Waals surface area contributed by atoms with Crippen LogP contribution in [0.1, 0.15) is 53.0 Å². The van der Waals surface area contributed by atoms with Crippen molar-refractivity contribution >= 4 is 8.41 Å². The number of H-pyrrole nitrogens is 1. The van der Waals surface area contributed by atoms with Gasteiger partial charge in [-0.2, -0.15) is 0 Å². The zero-order valence-electron chi connectivity index (χ0n) is 10.8. The van der Waals surface area contributed by atoms with Gasteiger partial charge in [-0.25, -0.2) is 0 Å². The van der Waals surface area contributed by atoms with Crippen LogP contribution in [0.3, 0.4) is 0 Å². The van der Waals surface area contributed by atoms with Crippen LogP contribution in [-0.2, 0) is 0 Å². The van der Waals surface area contributed by atoms with Gasteiger partial charge < -0.3 is 9.72 Å². The molecule has 85 valence electrons. The molecule has 0 aliphatic carbocycles. The summed E-state index contributed by atoms with van der Waals surface area (Å²) in [6.45, 7) is 12.4. The highest BCUT2D eigenvalue weighted by atomic mass is 16.5. The van der Waals surface area contributed by atoms with E-state index in [2.05, 4.69) is 24.9 Å². The average molecular weight is 208 g/mol. The molecule has 1 aromatic rings. The maximum atomic E-state index is 5.59. The third-order valence-corrected chi connectivity index (χ3v) is 1.72. The lowest BCUT2D eigenvalue weighted by molar-refractivity contribution is 0.231. The van der Waals surface area contributed by atoms with Gasteiger partial charge in [0.2, 0.25) is 0 Å². The van der Waals surface area contributed by atoms with Gasteiger partial charge in [-0.1, -0.05) is 27.7 Å². The molecule has 0 atom stereocenters. The van der Waals surface area contributed by atoms with Crippen LogP contribution in [0.5, 0.6) is 5.88 Å². The van der Waals surface area contributed by atoms with E-state index in [1.54, 1.807) is 0 Å². The second-order valence-electron chi connectivity index (χ2n) is 3.58. The van der Waals surface area contributed by atoms with Gasteiger partial charge in [0.15, 0.2) is 5.88 Å². The Balaban J connectivity index is 0. The number of hydrogen-bond donors (Lipinski definition) is 1. The van der Waals surface area contributed by atoms with Crippen LogP contribution >= 0.6 is 0 Å². The number of rotatable bonds is 3. The van der Waals surface area contributed by atoms with Gasteiger partial charge in [0.05, 0.1) is 6.10 Å². The van der Waals surface area contributed by atoms with Crippen molar-refractivity contribution in [3.63, 3.8) is 0 Å². The molecule has 0 aromatic carbocycles. The van der Waals surface area contributed by atoms with Gasteiger partial charge in [-0.05, 0) is 25.8 Å². The number of nitrogens with one attached hydrogen (secondary N) is 1. The molecule has 1 rings (SSSR count). The Morgan fingerprint density at radius 2 is 1.67 bits per heavy atom. The Morgan fingerprint density at radius 1 is 1.13 bits per heavy atom. The first-order valence-corrected chi connectivity index (χ1v) is 5.45. The van der Waals surface area contributed by atoms with Crippen molar-refractivity contribution in [3.05, 3.63) is 17.8 Å². The molecule has 1 heterocycles. The van der Waals surface area contributed by atoms with Crippen LogP contribution in [0, 0.1) is 0 Å². The Kier molecular flexibility index (Phi) is 9.34. The van der Waals surface area contributed by atoms with Crippen LogP contribution in [0.2, 0.25) is 0 Å². The minimum Gasteiger partial charge on any atom is -0.476 e. The van der Waals surface area contributed by atoms with E-state index in [-0.39, 0.29) is 14.5 Å². The van der Waals surface area contributed by atoms with Crippen LogP contribution in [0.25, 0.3) is 0 Å². The van der Waals surface area contributed by atoms with Gasteiger partial charge in [-0.15, -0.1) is 0 Å². The first-order chi connectivity index (χ1) is 6.61. The molecule has 0 aliphatic heterocycles. The van der Waals surface area contributed by atoms with Gasteiger partial charge in [-0.3, -0.25) is 0 Å². The third-order valence-electron chi connectivity index (χ3n) is 1.72. The normalized spacial score (nSPS) is 9.33. The number of ether oxygens (including phenoxy) is 1. The van der Waals surface area contributed by atoms with Crippen molar-refractivity contribution in [1.82, 2.24) is 4.98 Å². The summed E-state index contributed by atoms with van der Waals surface area (Å²) >= 11 is 0. The molecule has 3 radical (unpaired) electrons.